The molecule has 5 nitrogen and oxygen atoms in total. The molecule has 25 heavy (non-hydrogen) atoms. The molecule has 0 saturated carbocycles. The van der Waals surface area contributed by atoms with Gasteiger partial charge in [-0.15, -0.1) is 0 Å². The number of fused-ring (bicyclic) bond motifs is 1. The number of hydrogen-bond acceptors (Lipinski definition) is 3. The van der Waals surface area contributed by atoms with Gasteiger partial charge in [0.05, 0.1) is 18.5 Å². The second-order valence-electron chi connectivity index (χ2n) is 6.09. The molecule has 0 saturated heterocycles. The van der Waals surface area contributed by atoms with E-state index in [9.17, 15) is 19.8 Å². The van der Waals surface area contributed by atoms with Crippen LogP contribution in [0.25, 0.3) is 10.9 Å². The Morgan fingerprint density at radius 3 is 2.60 bits per heavy atom. The minimum atomic E-state index is -0.962. The highest BCUT2D eigenvalue weighted by molar-refractivity contribution is 6.29. The van der Waals surface area contributed by atoms with E-state index in [2.05, 4.69) is 0 Å². The van der Waals surface area contributed by atoms with Crippen molar-refractivity contribution in [2.75, 3.05) is 0 Å². The van der Waals surface area contributed by atoms with Crippen LogP contribution in [-0.4, -0.2) is 26.7 Å². The van der Waals surface area contributed by atoms with Crippen LogP contribution >= 0.6 is 11.6 Å². The summed E-state index contributed by atoms with van der Waals surface area (Å²) in [6.45, 7) is 1.61. The summed E-state index contributed by atoms with van der Waals surface area (Å²) in [6.07, 6.45) is 4.44. The van der Waals surface area contributed by atoms with Crippen LogP contribution in [0.1, 0.15) is 34.5 Å². The first-order chi connectivity index (χ1) is 11.9. The molecule has 0 radical (unpaired) electrons. The molecule has 0 unspecified atom stereocenters. The third-order valence-electron chi connectivity index (χ3n) is 4.49. The lowest BCUT2D eigenvalue weighted by Crippen LogP contribution is -2.16. The molecule has 3 rings (SSSR count). The molecule has 6 heteroatoms. The fourth-order valence-corrected chi connectivity index (χ4v) is 3.36. The Morgan fingerprint density at radius 2 is 2.00 bits per heavy atom. The van der Waals surface area contributed by atoms with Crippen molar-refractivity contribution in [2.24, 2.45) is 0 Å². The average molecular weight is 360 g/mol. The zero-order valence-corrected chi connectivity index (χ0v) is 14.5. The van der Waals surface area contributed by atoms with Crippen LogP contribution in [0.2, 0.25) is 0 Å². The topological polar surface area (TPSA) is 79.5 Å². The maximum Gasteiger partial charge on any atom is 0.307 e. The molecule has 130 valence electrons. The summed E-state index contributed by atoms with van der Waals surface area (Å²) in [5.74, 6) is -1.13. The number of aliphatic carboxylic acids is 1. The molecule has 0 amide bonds. The molecule has 2 N–H and O–H groups in total. The maximum atomic E-state index is 13.0. The summed E-state index contributed by atoms with van der Waals surface area (Å²) < 4.78 is 1.56. The van der Waals surface area contributed by atoms with Crippen LogP contribution in [0, 0.1) is 6.92 Å². The molecule has 0 fully saturated rings. The smallest absolute Gasteiger partial charge is 0.307 e. The van der Waals surface area contributed by atoms with Crippen molar-refractivity contribution in [2.45, 2.75) is 32.8 Å². The lowest BCUT2D eigenvalue weighted by Gasteiger charge is -2.13. The number of aromatic nitrogens is 1. The molecule has 1 heterocycles. The fraction of sp³-hybridized carbons (Fsp3) is 0.263. The number of carboxylic acid groups (broad SMARTS) is 1. The van der Waals surface area contributed by atoms with E-state index in [0.717, 1.165) is 0 Å². The number of rotatable bonds is 4. The van der Waals surface area contributed by atoms with Gasteiger partial charge in [-0.25, -0.2) is 0 Å². The monoisotopic (exact) mass is 359 g/mol. The number of nitrogens with zero attached hydrogens (tertiary/aromatic N) is 1. The molecule has 0 spiro atoms. The summed E-state index contributed by atoms with van der Waals surface area (Å²) in [6, 6.07) is 5.24. The lowest BCUT2D eigenvalue weighted by atomic mass is 10.0. The van der Waals surface area contributed by atoms with Crippen LogP contribution in [0.3, 0.4) is 0 Å². The Hall–Kier alpha value is -2.37. The highest BCUT2D eigenvalue weighted by atomic mass is 35.5. The highest BCUT2D eigenvalue weighted by Gasteiger charge is 2.23. The fourth-order valence-electron chi connectivity index (χ4n) is 3.20. The molecule has 0 aliphatic heterocycles. The first-order valence-electron chi connectivity index (χ1n) is 7.97. The first-order valence-corrected chi connectivity index (χ1v) is 8.35. The van der Waals surface area contributed by atoms with E-state index < -0.39 is 5.97 Å². The van der Waals surface area contributed by atoms with Gasteiger partial charge in [-0.3, -0.25) is 14.2 Å². The van der Waals surface area contributed by atoms with Crippen molar-refractivity contribution in [1.82, 2.24) is 4.57 Å². The number of halogens is 1. The second-order valence-corrected chi connectivity index (χ2v) is 6.58. The number of carbonyl (C=O) groups is 2. The van der Waals surface area contributed by atoms with Gasteiger partial charge in [0.1, 0.15) is 0 Å². The maximum absolute atomic E-state index is 13.0. The Labute approximate surface area is 149 Å². The molecule has 0 atom stereocenters. The van der Waals surface area contributed by atoms with Gasteiger partial charge < -0.3 is 10.2 Å². The van der Waals surface area contributed by atoms with Crippen molar-refractivity contribution in [3.63, 3.8) is 0 Å². The van der Waals surface area contributed by atoms with Crippen molar-refractivity contribution in [3.8, 4) is 0 Å². The number of carbonyl (C=O) groups excluding carboxylic acids is 1. The van der Waals surface area contributed by atoms with Crippen LogP contribution in [0.4, 0.5) is 0 Å². The molecule has 1 aliphatic rings. The van der Waals surface area contributed by atoms with E-state index in [1.165, 1.54) is 0 Å². The Bertz CT molecular complexity index is 937. The van der Waals surface area contributed by atoms with Crippen LogP contribution in [0.15, 0.2) is 41.0 Å². The number of aliphatic hydroxyl groups is 1. The molecular formula is C19H18ClNO4. The molecule has 0 bridgehead atoms. The van der Waals surface area contributed by atoms with Gasteiger partial charge in [0.2, 0.25) is 0 Å². The average Bonchev–Trinajstić information content (AvgIpc) is 2.86. The predicted molar refractivity (Wildman–Crippen MR) is 95.8 cm³/mol. The first kappa shape index (κ1) is 17.5. The van der Waals surface area contributed by atoms with E-state index in [0.29, 0.717) is 51.2 Å². The van der Waals surface area contributed by atoms with Crippen molar-refractivity contribution >= 4 is 34.4 Å². The van der Waals surface area contributed by atoms with Crippen molar-refractivity contribution < 1.29 is 19.8 Å². The number of hydrogen-bond donors (Lipinski definition) is 2. The minimum absolute atomic E-state index is 0.144. The van der Waals surface area contributed by atoms with Gasteiger partial charge in [0, 0.05) is 21.7 Å². The predicted octanol–water partition coefficient (Wildman–Crippen LogP) is 3.55. The lowest BCUT2D eigenvalue weighted by molar-refractivity contribution is -0.136. The van der Waals surface area contributed by atoms with Gasteiger partial charge in [-0.2, -0.15) is 0 Å². The van der Waals surface area contributed by atoms with Crippen LogP contribution < -0.4 is 0 Å². The zero-order valence-electron chi connectivity index (χ0n) is 13.8. The van der Waals surface area contributed by atoms with E-state index in [1.54, 1.807) is 41.8 Å². The number of aliphatic hydroxyl groups excluding tert-OH is 1. The van der Waals surface area contributed by atoms with Gasteiger partial charge in [0.15, 0.2) is 0 Å². The summed E-state index contributed by atoms with van der Waals surface area (Å²) in [5.41, 5.74) is 3.17. The number of allylic oxidation sites excluding steroid dienone is 4. The van der Waals surface area contributed by atoms with Gasteiger partial charge in [-0.1, -0.05) is 23.7 Å². The largest absolute Gasteiger partial charge is 0.481 e. The van der Waals surface area contributed by atoms with Gasteiger partial charge >= 0.3 is 5.97 Å². The molecule has 1 aromatic heterocycles. The van der Waals surface area contributed by atoms with Crippen LogP contribution in [-0.2, 0) is 17.8 Å². The Morgan fingerprint density at radius 1 is 1.24 bits per heavy atom. The minimum Gasteiger partial charge on any atom is -0.481 e. The zero-order chi connectivity index (χ0) is 18.1. The van der Waals surface area contributed by atoms with Gasteiger partial charge in [0.25, 0.3) is 5.91 Å². The summed E-state index contributed by atoms with van der Waals surface area (Å²) in [5, 5.41) is 20.0. The molecular weight excluding hydrogens is 342 g/mol. The van der Waals surface area contributed by atoms with Gasteiger partial charge in [-0.05, 0) is 49.1 Å². The Kier molecular flexibility index (Phi) is 4.79. The summed E-state index contributed by atoms with van der Waals surface area (Å²) in [7, 11) is 0. The SMILES string of the molecule is Cc1c(CC(=O)O)c2cc(CO)ccc2n1C(=O)C1=CC=C(Cl)CC1. The van der Waals surface area contributed by atoms with E-state index in [4.69, 9.17) is 11.6 Å². The Balaban J connectivity index is 2.19. The van der Waals surface area contributed by atoms with Crippen LogP contribution in [0.5, 0.6) is 0 Å². The molecule has 2 aromatic rings. The summed E-state index contributed by atoms with van der Waals surface area (Å²) in [4.78, 5) is 24.3. The standard InChI is InChI=1S/C19H18ClNO4/c1-11-15(9-18(23)24)16-8-12(10-22)2-7-17(16)21(11)19(25)13-3-5-14(20)6-4-13/h2-3,5,7-8,22H,4,6,9-10H2,1H3,(H,23,24). The normalized spacial score (nSPS) is 14.4. The second kappa shape index (κ2) is 6.86. The summed E-state index contributed by atoms with van der Waals surface area (Å²) >= 11 is 5.96. The van der Waals surface area contributed by atoms with E-state index in [-0.39, 0.29) is 18.9 Å². The van der Waals surface area contributed by atoms with Crippen molar-refractivity contribution in [1.29, 1.82) is 0 Å². The third kappa shape index (κ3) is 3.25. The number of benzene rings is 1. The third-order valence-corrected chi connectivity index (χ3v) is 4.80. The molecule has 1 aromatic carbocycles. The highest BCUT2D eigenvalue weighted by Crippen LogP contribution is 2.30. The quantitative estimate of drug-likeness (QED) is 0.874. The number of carboxylic acids is 1. The van der Waals surface area contributed by atoms with E-state index in [1.807, 2.05) is 0 Å². The van der Waals surface area contributed by atoms with E-state index >= 15 is 0 Å². The van der Waals surface area contributed by atoms with Crippen molar-refractivity contribution in [3.05, 3.63) is 57.8 Å². The molecule has 1 aliphatic carbocycles.